The molecule has 1 aliphatic heterocycles. The number of hydrogen-bond acceptors (Lipinski definition) is 3. The summed E-state index contributed by atoms with van der Waals surface area (Å²) in [4.78, 5) is 30.0. The lowest BCUT2D eigenvalue weighted by atomic mass is 9.93. The fourth-order valence-electron chi connectivity index (χ4n) is 4.88. The number of amides is 3. The Morgan fingerprint density at radius 2 is 1.32 bits per heavy atom. The summed E-state index contributed by atoms with van der Waals surface area (Å²) in [5.41, 5.74) is 6.79. The maximum atomic E-state index is 12.9. The average molecular weight is 499 g/mol. The van der Waals surface area contributed by atoms with Gasteiger partial charge in [-0.25, -0.2) is 4.79 Å². The van der Waals surface area contributed by atoms with E-state index in [0.717, 1.165) is 52.4 Å². The second-order valence-corrected chi connectivity index (χ2v) is 10.3. The molecular formula is C31H38N4O2. The van der Waals surface area contributed by atoms with Gasteiger partial charge in [0.2, 0.25) is 0 Å². The quantitative estimate of drug-likeness (QED) is 0.391. The van der Waals surface area contributed by atoms with E-state index in [1.165, 1.54) is 0 Å². The number of carbonyl (C=O) groups excluding carboxylic acids is 2. The first-order chi connectivity index (χ1) is 17.7. The number of aryl methyl sites for hydroxylation is 1. The number of urea groups is 1. The van der Waals surface area contributed by atoms with Crippen molar-refractivity contribution in [1.82, 2.24) is 4.90 Å². The summed E-state index contributed by atoms with van der Waals surface area (Å²) < 4.78 is 0. The molecule has 1 saturated heterocycles. The number of carbonyl (C=O) groups is 2. The number of anilines is 3. The van der Waals surface area contributed by atoms with E-state index in [2.05, 4.69) is 61.4 Å². The Kier molecular flexibility index (Phi) is 8.17. The van der Waals surface area contributed by atoms with Crippen molar-refractivity contribution in [3.05, 3.63) is 89.0 Å². The van der Waals surface area contributed by atoms with E-state index in [0.29, 0.717) is 24.9 Å². The molecule has 2 N–H and O–H groups in total. The normalized spacial score (nSPS) is 13.7. The Morgan fingerprint density at radius 1 is 0.730 bits per heavy atom. The summed E-state index contributed by atoms with van der Waals surface area (Å²) in [6, 6.07) is 21.6. The second-order valence-electron chi connectivity index (χ2n) is 10.3. The molecule has 0 aliphatic carbocycles. The fourth-order valence-corrected chi connectivity index (χ4v) is 4.88. The summed E-state index contributed by atoms with van der Waals surface area (Å²) in [5.74, 6) is 0.712. The van der Waals surface area contributed by atoms with Gasteiger partial charge in [-0.3, -0.25) is 4.79 Å². The number of rotatable bonds is 6. The number of piperazine rings is 1. The van der Waals surface area contributed by atoms with Gasteiger partial charge in [0.25, 0.3) is 5.91 Å². The largest absolute Gasteiger partial charge is 0.368 e. The van der Waals surface area contributed by atoms with Crippen LogP contribution in [-0.2, 0) is 0 Å². The Balaban J connectivity index is 1.36. The van der Waals surface area contributed by atoms with Crippen molar-refractivity contribution < 1.29 is 9.59 Å². The third-order valence-electron chi connectivity index (χ3n) is 7.04. The minimum atomic E-state index is -0.244. The fraction of sp³-hybridized carbons (Fsp3) is 0.355. The number of nitrogens with zero attached hydrogens (tertiary/aromatic N) is 2. The molecule has 3 aromatic carbocycles. The van der Waals surface area contributed by atoms with Crippen LogP contribution in [0.5, 0.6) is 0 Å². The van der Waals surface area contributed by atoms with Crippen LogP contribution in [0, 0.1) is 6.92 Å². The SMILES string of the molecule is Cc1ccccc1C(=O)N1CCN(c2ccc(NC(=O)Nc3c(C(C)C)cccc3C(C)C)cc2)CC1. The topological polar surface area (TPSA) is 64.7 Å². The Labute approximate surface area is 220 Å². The third kappa shape index (κ3) is 6.13. The molecule has 3 amide bonds. The zero-order chi connectivity index (χ0) is 26.5. The van der Waals surface area contributed by atoms with Crippen LogP contribution in [0.3, 0.4) is 0 Å². The number of nitrogens with one attached hydrogen (secondary N) is 2. The monoisotopic (exact) mass is 498 g/mol. The van der Waals surface area contributed by atoms with Gasteiger partial charge in [-0.2, -0.15) is 0 Å². The van der Waals surface area contributed by atoms with Gasteiger partial charge in [0, 0.05) is 48.8 Å². The minimum absolute atomic E-state index is 0.1000. The molecule has 0 spiro atoms. The molecule has 6 nitrogen and oxygen atoms in total. The van der Waals surface area contributed by atoms with Crippen LogP contribution in [0.1, 0.15) is 66.6 Å². The number of para-hydroxylation sites is 1. The maximum absolute atomic E-state index is 12.9. The zero-order valence-electron chi connectivity index (χ0n) is 22.5. The Bertz CT molecular complexity index is 1220. The highest BCUT2D eigenvalue weighted by atomic mass is 16.2. The maximum Gasteiger partial charge on any atom is 0.323 e. The molecule has 0 bridgehead atoms. The molecule has 0 saturated carbocycles. The van der Waals surface area contributed by atoms with Crippen LogP contribution < -0.4 is 15.5 Å². The van der Waals surface area contributed by atoms with Crippen molar-refractivity contribution in [1.29, 1.82) is 0 Å². The van der Waals surface area contributed by atoms with Crippen molar-refractivity contribution in [3.8, 4) is 0 Å². The molecule has 37 heavy (non-hydrogen) atoms. The lowest BCUT2D eigenvalue weighted by Gasteiger charge is -2.36. The van der Waals surface area contributed by atoms with E-state index in [1.54, 1.807) is 0 Å². The standard InChI is InChI=1S/C31H38N4O2/c1-21(2)26-11-8-12-27(22(3)4)29(26)33-31(37)32-24-13-15-25(16-14-24)34-17-19-35(20-18-34)30(36)28-10-7-6-9-23(28)5/h6-16,21-22H,17-20H2,1-5H3,(H2,32,33,37). The molecule has 0 radical (unpaired) electrons. The Hall–Kier alpha value is -3.80. The van der Waals surface area contributed by atoms with Gasteiger partial charge in [0.05, 0.1) is 0 Å². The van der Waals surface area contributed by atoms with E-state index >= 15 is 0 Å². The highest BCUT2D eigenvalue weighted by molar-refractivity contribution is 6.01. The first-order valence-electron chi connectivity index (χ1n) is 13.1. The van der Waals surface area contributed by atoms with E-state index in [1.807, 2.05) is 60.4 Å². The molecule has 6 heteroatoms. The van der Waals surface area contributed by atoms with Crippen LogP contribution in [0.15, 0.2) is 66.7 Å². The molecule has 194 valence electrons. The average Bonchev–Trinajstić information content (AvgIpc) is 2.89. The Morgan fingerprint density at radius 3 is 1.89 bits per heavy atom. The molecule has 1 fully saturated rings. The van der Waals surface area contributed by atoms with E-state index < -0.39 is 0 Å². The van der Waals surface area contributed by atoms with E-state index in [4.69, 9.17) is 0 Å². The van der Waals surface area contributed by atoms with E-state index in [-0.39, 0.29) is 11.9 Å². The van der Waals surface area contributed by atoms with E-state index in [9.17, 15) is 9.59 Å². The number of benzene rings is 3. The van der Waals surface area contributed by atoms with Gasteiger partial charge in [-0.05, 0) is 65.8 Å². The zero-order valence-corrected chi connectivity index (χ0v) is 22.5. The molecule has 0 aromatic heterocycles. The summed E-state index contributed by atoms with van der Waals surface area (Å²) in [6.45, 7) is 13.4. The first-order valence-corrected chi connectivity index (χ1v) is 13.1. The van der Waals surface area contributed by atoms with Crippen LogP contribution in [0.4, 0.5) is 21.9 Å². The summed E-state index contributed by atoms with van der Waals surface area (Å²) >= 11 is 0. The molecule has 3 aromatic rings. The van der Waals surface area contributed by atoms with Crippen LogP contribution in [-0.4, -0.2) is 43.0 Å². The van der Waals surface area contributed by atoms with Crippen molar-refractivity contribution in [2.45, 2.75) is 46.5 Å². The van der Waals surface area contributed by atoms with Gasteiger partial charge in [0.1, 0.15) is 0 Å². The minimum Gasteiger partial charge on any atom is -0.368 e. The van der Waals surface area contributed by atoms with Gasteiger partial charge in [-0.1, -0.05) is 64.1 Å². The molecular weight excluding hydrogens is 460 g/mol. The predicted molar refractivity (Wildman–Crippen MR) is 153 cm³/mol. The molecule has 0 unspecified atom stereocenters. The highest BCUT2D eigenvalue weighted by Crippen LogP contribution is 2.32. The lowest BCUT2D eigenvalue weighted by molar-refractivity contribution is 0.0746. The van der Waals surface area contributed by atoms with Crippen molar-refractivity contribution in [3.63, 3.8) is 0 Å². The summed E-state index contributed by atoms with van der Waals surface area (Å²) in [7, 11) is 0. The highest BCUT2D eigenvalue weighted by Gasteiger charge is 2.23. The lowest BCUT2D eigenvalue weighted by Crippen LogP contribution is -2.48. The third-order valence-corrected chi connectivity index (χ3v) is 7.04. The van der Waals surface area contributed by atoms with Crippen LogP contribution in [0.2, 0.25) is 0 Å². The summed E-state index contributed by atoms with van der Waals surface area (Å²) in [6.07, 6.45) is 0. The van der Waals surface area contributed by atoms with Crippen molar-refractivity contribution in [2.75, 3.05) is 41.7 Å². The van der Waals surface area contributed by atoms with Gasteiger partial charge < -0.3 is 20.4 Å². The molecule has 1 heterocycles. The second kappa shape index (κ2) is 11.5. The molecule has 4 rings (SSSR count). The summed E-state index contributed by atoms with van der Waals surface area (Å²) in [5, 5.41) is 6.08. The predicted octanol–water partition coefficient (Wildman–Crippen LogP) is 6.85. The van der Waals surface area contributed by atoms with Gasteiger partial charge in [0.15, 0.2) is 0 Å². The van der Waals surface area contributed by atoms with Gasteiger partial charge in [-0.15, -0.1) is 0 Å². The van der Waals surface area contributed by atoms with Crippen LogP contribution >= 0.6 is 0 Å². The van der Waals surface area contributed by atoms with Crippen molar-refractivity contribution >= 4 is 29.0 Å². The molecule has 1 aliphatic rings. The van der Waals surface area contributed by atoms with Crippen LogP contribution in [0.25, 0.3) is 0 Å². The molecule has 0 atom stereocenters. The first kappa shape index (κ1) is 26.3. The number of hydrogen-bond donors (Lipinski definition) is 2. The smallest absolute Gasteiger partial charge is 0.323 e. The van der Waals surface area contributed by atoms with Crippen molar-refractivity contribution in [2.24, 2.45) is 0 Å². The van der Waals surface area contributed by atoms with Gasteiger partial charge >= 0.3 is 6.03 Å².